The normalized spacial score (nSPS) is 21.5. The largest absolute Gasteiger partial charge is 0.479 e. The smallest absolute Gasteiger partial charge is 0.335 e. The number of hydrogen-bond donors (Lipinski definition) is 3. The lowest BCUT2D eigenvalue weighted by molar-refractivity contribution is -0.139. The first kappa shape index (κ1) is 5.53. The summed E-state index contributed by atoms with van der Waals surface area (Å²) in [6.07, 6.45) is -0.519. The fraction of sp³-hybridized carbons (Fsp3) is 0.750. The fourth-order valence-electron chi connectivity index (χ4n) is 0.680. The van der Waals surface area contributed by atoms with Crippen molar-refractivity contribution in [1.82, 2.24) is 10.6 Å². The van der Waals surface area contributed by atoms with Crippen LogP contribution in [0.2, 0.25) is 0 Å². The summed E-state index contributed by atoms with van der Waals surface area (Å²) >= 11 is 0. The maximum atomic E-state index is 10.1. The molecule has 0 bridgehead atoms. The number of carbonyl (C=O) groups is 1. The Hall–Kier alpha value is -0.610. The lowest BCUT2D eigenvalue weighted by atomic mass is 10.5. The van der Waals surface area contributed by atoms with Crippen molar-refractivity contribution >= 4 is 5.97 Å². The monoisotopic (exact) mass is 116 g/mol. The first-order chi connectivity index (χ1) is 3.80. The van der Waals surface area contributed by atoms with Crippen LogP contribution in [-0.4, -0.2) is 30.3 Å². The van der Waals surface area contributed by atoms with E-state index in [0.29, 0.717) is 0 Å². The van der Waals surface area contributed by atoms with Crippen LogP contribution in [0.15, 0.2) is 0 Å². The van der Waals surface area contributed by atoms with Crippen molar-refractivity contribution in [3.8, 4) is 0 Å². The van der Waals surface area contributed by atoms with Gasteiger partial charge in [0, 0.05) is 13.1 Å². The molecule has 0 aliphatic carbocycles. The van der Waals surface area contributed by atoms with E-state index in [-0.39, 0.29) is 0 Å². The molecular weight excluding hydrogens is 108 g/mol. The van der Waals surface area contributed by atoms with E-state index in [1.807, 2.05) is 0 Å². The number of nitrogens with one attached hydrogen (secondary N) is 2. The summed E-state index contributed by atoms with van der Waals surface area (Å²) < 4.78 is 0. The molecule has 0 amide bonds. The highest BCUT2D eigenvalue weighted by molar-refractivity contribution is 5.73. The van der Waals surface area contributed by atoms with Crippen LogP contribution in [0.5, 0.6) is 0 Å². The number of carboxylic acid groups (broad SMARTS) is 1. The SMILES string of the molecule is O=C(O)C1NCCN1. The van der Waals surface area contributed by atoms with Crippen LogP contribution in [0, 0.1) is 0 Å². The van der Waals surface area contributed by atoms with E-state index in [1.54, 1.807) is 0 Å². The van der Waals surface area contributed by atoms with Crippen molar-refractivity contribution in [2.24, 2.45) is 0 Å². The second-order valence-corrected chi connectivity index (χ2v) is 1.68. The van der Waals surface area contributed by atoms with Crippen LogP contribution >= 0.6 is 0 Å². The van der Waals surface area contributed by atoms with Gasteiger partial charge in [0.05, 0.1) is 0 Å². The first-order valence-electron chi connectivity index (χ1n) is 2.50. The van der Waals surface area contributed by atoms with Gasteiger partial charge in [-0.25, -0.2) is 4.79 Å². The molecular formula is C4H8N2O2. The van der Waals surface area contributed by atoms with E-state index in [2.05, 4.69) is 10.6 Å². The molecule has 1 aliphatic rings. The topological polar surface area (TPSA) is 61.4 Å². The Balaban J connectivity index is 2.35. The quantitative estimate of drug-likeness (QED) is 0.394. The van der Waals surface area contributed by atoms with Crippen LogP contribution in [0.25, 0.3) is 0 Å². The maximum Gasteiger partial charge on any atom is 0.335 e. The Morgan fingerprint density at radius 2 is 2.00 bits per heavy atom. The lowest BCUT2D eigenvalue weighted by Gasteiger charge is -2.00. The molecule has 3 N–H and O–H groups in total. The predicted molar refractivity (Wildman–Crippen MR) is 27.4 cm³/mol. The summed E-state index contributed by atoms with van der Waals surface area (Å²) in [5.41, 5.74) is 0. The summed E-state index contributed by atoms with van der Waals surface area (Å²) in [7, 11) is 0. The van der Waals surface area contributed by atoms with Gasteiger partial charge >= 0.3 is 5.97 Å². The average molecular weight is 116 g/mol. The zero-order valence-electron chi connectivity index (χ0n) is 4.35. The van der Waals surface area contributed by atoms with Crippen LogP contribution < -0.4 is 10.6 Å². The van der Waals surface area contributed by atoms with E-state index >= 15 is 0 Å². The van der Waals surface area contributed by atoms with Gasteiger partial charge < -0.3 is 5.11 Å². The highest BCUT2D eigenvalue weighted by Crippen LogP contribution is 1.82. The fourth-order valence-corrected chi connectivity index (χ4v) is 0.680. The molecule has 0 saturated carbocycles. The minimum absolute atomic E-state index is 0.519. The molecule has 0 aromatic rings. The van der Waals surface area contributed by atoms with Crippen LogP contribution in [0.4, 0.5) is 0 Å². The predicted octanol–water partition coefficient (Wildman–Crippen LogP) is -1.41. The molecule has 1 aliphatic heterocycles. The highest BCUT2D eigenvalue weighted by Gasteiger charge is 2.19. The zero-order valence-corrected chi connectivity index (χ0v) is 4.35. The van der Waals surface area contributed by atoms with Crippen molar-refractivity contribution in [3.63, 3.8) is 0 Å². The van der Waals surface area contributed by atoms with Crippen LogP contribution in [0.3, 0.4) is 0 Å². The van der Waals surface area contributed by atoms with Crippen molar-refractivity contribution < 1.29 is 9.90 Å². The molecule has 0 unspecified atom stereocenters. The summed E-state index contributed by atoms with van der Waals surface area (Å²) in [6.45, 7) is 1.49. The van der Waals surface area contributed by atoms with E-state index in [9.17, 15) is 4.79 Å². The van der Waals surface area contributed by atoms with Gasteiger partial charge in [0.1, 0.15) is 0 Å². The Labute approximate surface area is 46.9 Å². The minimum atomic E-state index is -0.831. The Morgan fingerprint density at radius 3 is 2.25 bits per heavy atom. The zero-order chi connectivity index (χ0) is 5.98. The van der Waals surface area contributed by atoms with Gasteiger partial charge in [-0.3, -0.25) is 10.6 Å². The molecule has 1 heterocycles. The number of carboxylic acids is 1. The van der Waals surface area contributed by atoms with Crippen LogP contribution in [-0.2, 0) is 4.79 Å². The highest BCUT2D eigenvalue weighted by atomic mass is 16.4. The van der Waals surface area contributed by atoms with Crippen molar-refractivity contribution in [3.05, 3.63) is 0 Å². The van der Waals surface area contributed by atoms with E-state index in [0.717, 1.165) is 13.1 Å². The van der Waals surface area contributed by atoms with Gasteiger partial charge in [-0.1, -0.05) is 0 Å². The third kappa shape index (κ3) is 0.962. The van der Waals surface area contributed by atoms with Gasteiger partial charge in [0.25, 0.3) is 0 Å². The molecule has 4 heteroatoms. The average Bonchev–Trinajstić information content (AvgIpc) is 2.12. The molecule has 4 nitrogen and oxygen atoms in total. The molecule has 0 radical (unpaired) electrons. The van der Waals surface area contributed by atoms with Crippen LogP contribution in [0.1, 0.15) is 0 Å². The summed E-state index contributed by atoms with van der Waals surface area (Å²) in [6, 6.07) is 0. The minimum Gasteiger partial charge on any atom is -0.479 e. The molecule has 0 aromatic heterocycles. The Kier molecular flexibility index (Phi) is 1.45. The number of aliphatic carboxylic acids is 1. The number of hydrogen-bond acceptors (Lipinski definition) is 3. The summed E-state index contributed by atoms with van der Waals surface area (Å²) in [4.78, 5) is 10.1. The molecule has 0 spiro atoms. The number of rotatable bonds is 1. The van der Waals surface area contributed by atoms with Crippen molar-refractivity contribution in [2.45, 2.75) is 6.17 Å². The van der Waals surface area contributed by atoms with Gasteiger partial charge in [-0.05, 0) is 0 Å². The molecule has 0 atom stereocenters. The summed E-state index contributed by atoms with van der Waals surface area (Å²) in [5.74, 6) is -0.831. The van der Waals surface area contributed by atoms with Gasteiger partial charge in [-0.15, -0.1) is 0 Å². The molecule has 8 heavy (non-hydrogen) atoms. The molecule has 1 fully saturated rings. The van der Waals surface area contributed by atoms with E-state index in [4.69, 9.17) is 5.11 Å². The molecule has 1 rings (SSSR count). The Bertz CT molecular complexity index is 98.2. The van der Waals surface area contributed by atoms with Gasteiger partial charge in [0.15, 0.2) is 6.17 Å². The van der Waals surface area contributed by atoms with E-state index in [1.165, 1.54) is 0 Å². The molecule has 46 valence electrons. The lowest BCUT2D eigenvalue weighted by Crippen LogP contribution is -2.38. The standard InChI is InChI=1S/C4H8N2O2/c7-4(8)3-5-1-2-6-3/h3,5-6H,1-2H2,(H,7,8). The van der Waals surface area contributed by atoms with Crippen molar-refractivity contribution in [2.75, 3.05) is 13.1 Å². The Morgan fingerprint density at radius 1 is 1.50 bits per heavy atom. The first-order valence-corrected chi connectivity index (χ1v) is 2.50. The van der Waals surface area contributed by atoms with E-state index < -0.39 is 12.1 Å². The third-order valence-electron chi connectivity index (χ3n) is 1.07. The molecule has 1 saturated heterocycles. The summed E-state index contributed by atoms with van der Waals surface area (Å²) in [5, 5.41) is 13.8. The second-order valence-electron chi connectivity index (χ2n) is 1.68. The molecule has 0 aromatic carbocycles. The third-order valence-corrected chi connectivity index (χ3v) is 1.07. The maximum absolute atomic E-state index is 10.1. The van der Waals surface area contributed by atoms with Crippen molar-refractivity contribution in [1.29, 1.82) is 0 Å². The van der Waals surface area contributed by atoms with Gasteiger partial charge in [-0.2, -0.15) is 0 Å². The van der Waals surface area contributed by atoms with Gasteiger partial charge in [0.2, 0.25) is 0 Å². The second kappa shape index (κ2) is 2.11.